The van der Waals surface area contributed by atoms with Gasteiger partial charge in [0.25, 0.3) is 5.91 Å². The molecule has 1 N–H and O–H groups in total. The molecule has 2 rings (SSSR count). The number of amides is 2. The summed E-state index contributed by atoms with van der Waals surface area (Å²) in [7, 11) is 0.337. The van der Waals surface area contributed by atoms with Crippen molar-refractivity contribution < 1.29 is 22.7 Å². The Kier molecular flexibility index (Phi) is 6.95. The molecule has 1 aromatic rings. The number of hydrogen-bond donors (Lipinski definition) is 1. The topological polar surface area (TPSA) is 105 Å². The van der Waals surface area contributed by atoms with E-state index in [0.29, 0.717) is 17.9 Å². The molecule has 9 heteroatoms. The van der Waals surface area contributed by atoms with Crippen LogP contribution in [0.2, 0.25) is 0 Å². The van der Waals surface area contributed by atoms with Crippen LogP contribution in [-0.4, -0.2) is 63.1 Å². The normalized spacial score (nSPS) is 18.8. The minimum absolute atomic E-state index is 0.0354. The lowest BCUT2D eigenvalue weighted by Crippen LogP contribution is -2.27. The summed E-state index contributed by atoms with van der Waals surface area (Å²) in [6.45, 7) is 1.72. The third-order valence-corrected chi connectivity index (χ3v) is 6.12. The summed E-state index contributed by atoms with van der Waals surface area (Å²) in [5.74, 6) is 0.233. The van der Waals surface area contributed by atoms with Crippen LogP contribution in [-0.2, 0) is 19.4 Å². The molecule has 0 radical (unpaired) electrons. The highest BCUT2D eigenvalue weighted by Crippen LogP contribution is 2.21. The van der Waals surface area contributed by atoms with Crippen molar-refractivity contribution in [2.24, 2.45) is 11.0 Å². The molecule has 148 valence electrons. The van der Waals surface area contributed by atoms with Crippen LogP contribution < -0.4 is 10.2 Å². The summed E-state index contributed by atoms with van der Waals surface area (Å²) < 4.78 is 28.3. The Morgan fingerprint density at radius 2 is 1.93 bits per heavy atom. The van der Waals surface area contributed by atoms with Crippen LogP contribution in [0.1, 0.15) is 25.3 Å². The molecule has 27 heavy (non-hydrogen) atoms. The van der Waals surface area contributed by atoms with E-state index < -0.39 is 9.84 Å². The highest BCUT2D eigenvalue weighted by atomic mass is 32.2. The number of rotatable bonds is 7. The molecule has 1 heterocycles. The van der Waals surface area contributed by atoms with Crippen molar-refractivity contribution in [1.82, 2.24) is 10.3 Å². The molecule has 1 aliphatic rings. The first-order valence-electron chi connectivity index (χ1n) is 8.63. The number of likely N-dealkylation sites (N-methyl/N-ethyl adjacent to an activating group) is 1. The number of ether oxygens (including phenoxy) is 1. The first-order valence-corrected chi connectivity index (χ1v) is 10.5. The van der Waals surface area contributed by atoms with Gasteiger partial charge >= 0.3 is 0 Å². The number of nitrogens with one attached hydrogen (secondary N) is 1. The number of sulfone groups is 1. The summed E-state index contributed by atoms with van der Waals surface area (Å²) in [6.07, 6.45) is 0.679. The van der Waals surface area contributed by atoms with Gasteiger partial charge in [-0.15, -0.1) is 0 Å². The zero-order valence-electron chi connectivity index (χ0n) is 15.8. The fraction of sp³-hybridized carbons (Fsp3) is 0.500. The van der Waals surface area contributed by atoms with E-state index in [4.69, 9.17) is 4.74 Å². The molecule has 1 fully saturated rings. The molecular formula is C18H25N3O5S. The lowest BCUT2D eigenvalue weighted by Gasteiger charge is -2.11. The summed E-state index contributed by atoms with van der Waals surface area (Å²) in [5.41, 5.74) is 3.88. The second-order valence-corrected chi connectivity index (χ2v) is 9.04. The summed E-state index contributed by atoms with van der Waals surface area (Å²) >= 11 is 0. The van der Waals surface area contributed by atoms with Gasteiger partial charge in [0.1, 0.15) is 5.75 Å². The third-order valence-electron chi connectivity index (χ3n) is 4.28. The molecule has 0 aliphatic carbocycles. The van der Waals surface area contributed by atoms with E-state index in [9.17, 15) is 18.0 Å². The lowest BCUT2D eigenvalue weighted by atomic mass is 10.1. The van der Waals surface area contributed by atoms with E-state index >= 15 is 0 Å². The SMILES string of the molecule is C/C(=N/NC(=O)C[C@H]1CCS(=O)(=O)C1)c1ccc(OCC(=O)N(C)C)cc1. The van der Waals surface area contributed by atoms with Gasteiger partial charge in [-0.1, -0.05) is 0 Å². The number of hydrogen-bond acceptors (Lipinski definition) is 6. The van der Waals surface area contributed by atoms with Gasteiger partial charge in [-0.25, -0.2) is 13.8 Å². The fourth-order valence-corrected chi connectivity index (χ4v) is 4.48. The lowest BCUT2D eigenvalue weighted by molar-refractivity contribution is -0.130. The van der Waals surface area contributed by atoms with E-state index in [0.717, 1.165) is 5.56 Å². The van der Waals surface area contributed by atoms with Gasteiger partial charge in [0.2, 0.25) is 5.91 Å². The standard InChI is InChI=1S/C18H25N3O5S/c1-13(19-20-17(22)10-14-8-9-27(24,25)12-14)15-4-6-16(7-5-15)26-11-18(23)21(2)3/h4-7,14H,8-12H2,1-3H3,(H,20,22)/b19-13-/t14-/m1/s1. The minimum atomic E-state index is -2.99. The Bertz CT molecular complexity index is 816. The van der Waals surface area contributed by atoms with Gasteiger partial charge < -0.3 is 9.64 Å². The molecule has 0 bridgehead atoms. The summed E-state index contributed by atoms with van der Waals surface area (Å²) in [5, 5.41) is 4.07. The number of benzene rings is 1. The van der Waals surface area contributed by atoms with Crippen LogP contribution >= 0.6 is 0 Å². The second-order valence-electron chi connectivity index (χ2n) is 6.81. The van der Waals surface area contributed by atoms with Crippen LogP contribution in [0, 0.1) is 5.92 Å². The van der Waals surface area contributed by atoms with Crippen molar-refractivity contribution >= 4 is 27.4 Å². The molecule has 1 saturated heterocycles. The van der Waals surface area contributed by atoms with Crippen molar-refractivity contribution in [3.05, 3.63) is 29.8 Å². The molecular weight excluding hydrogens is 370 g/mol. The number of hydrazone groups is 1. The quantitative estimate of drug-likeness (QED) is 0.544. The van der Waals surface area contributed by atoms with E-state index in [1.807, 2.05) is 0 Å². The Morgan fingerprint density at radius 3 is 2.48 bits per heavy atom. The van der Waals surface area contributed by atoms with Crippen molar-refractivity contribution in [3.8, 4) is 5.75 Å². The Hall–Kier alpha value is -2.42. The molecule has 1 atom stereocenters. The maximum Gasteiger partial charge on any atom is 0.259 e. The molecule has 0 unspecified atom stereocenters. The van der Waals surface area contributed by atoms with Gasteiger partial charge in [-0.3, -0.25) is 9.59 Å². The molecule has 1 aliphatic heterocycles. The van der Waals surface area contributed by atoms with Gasteiger partial charge in [0.15, 0.2) is 16.4 Å². The first kappa shape index (κ1) is 20.9. The number of carbonyl (C=O) groups is 2. The van der Waals surface area contributed by atoms with Gasteiger partial charge in [0, 0.05) is 20.5 Å². The third kappa shape index (κ3) is 6.67. The van der Waals surface area contributed by atoms with Crippen LogP contribution in [0.5, 0.6) is 5.75 Å². The second kappa shape index (κ2) is 8.98. The van der Waals surface area contributed by atoms with Gasteiger partial charge in [-0.2, -0.15) is 5.10 Å². The van der Waals surface area contributed by atoms with Crippen LogP contribution in [0.15, 0.2) is 29.4 Å². The minimum Gasteiger partial charge on any atom is -0.484 e. The van der Waals surface area contributed by atoms with Gasteiger partial charge in [0.05, 0.1) is 17.2 Å². The monoisotopic (exact) mass is 395 g/mol. The summed E-state index contributed by atoms with van der Waals surface area (Å²) in [6, 6.07) is 7.01. The summed E-state index contributed by atoms with van der Waals surface area (Å²) in [4.78, 5) is 24.9. The molecule has 0 spiro atoms. The van der Waals surface area contributed by atoms with E-state index in [2.05, 4.69) is 10.5 Å². The maximum atomic E-state index is 11.9. The molecule has 0 saturated carbocycles. The predicted molar refractivity (Wildman–Crippen MR) is 102 cm³/mol. The van der Waals surface area contributed by atoms with Gasteiger partial charge in [-0.05, 0) is 49.1 Å². The fourth-order valence-electron chi connectivity index (χ4n) is 2.62. The van der Waals surface area contributed by atoms with Crippen molar-refractivity contribution in [2.75, 3.05) is 32.2 Å². The van der Waals surface area contributed by atoms with Crippen molar-refractivity contribution in [2.45, 2.75) is 19.8 Å². The number of nitrogens with zero attached hydrogens (tertiary/aromatic N) is 2. The highest BCUT2D eigenvalue weighted by Gasteiger charge is 2.29. The van der Waals surface area contributed by atoms with Crippen molar-refractivity contribution in [1.29, 1.82) is 0 Å². The zero-order chi connectivity index (χ0) is 20.0. The van der Waals surface area contributed by atoms with Crippen LogP contribution in [0.25, 0.3) is 0 Å². The Balaban J connectivity index is 1.84. The van der Waals surface area contributed by atoms with E-state index in [1.54, 1.807) is 45.3 Å². The van der Waals surface area contributed by atoms with E-state index in [-0.39, 0.29) is 42.3 Å². The maximum absolute atomic E-state index is 11.9. The average molecular weight is 395 g/mol. The largest absolute Gasteiger partial charge is 0.484 e. The average Bonchev–Trinajstić information content (AvgIpc) is 2.96. The van der Waals surface area contributed by atoms with E-state index in [1.165, 1.54) is 4.90 Å². The highest BCUT2D eigenvalue weighted by molar-refractivity contribution is 7.91. The smallest absolute Gasteiger partial charge is 0.259 e. The Morgan fingerprint density at radius 1 is 1.26 bits per heavy atom. The first-order chi connectivity index (χ1) is 12.7. The molecule has 0 aromatic heterocycles. The van der Waals surface area contributed by atoms with Crippen LogP contribution in [0.4, 0.5) is 0 Å². The predicted octanol–water partition coefficient (Wildman–Crippen LogP) is 0.819. The molecule has 1 aromatic carbocycles. The molecule has 2 amide bonds. The van der Waals surface area contributed by atoms with Crippen LogP contribution in [0.3, 0.4) is 0 Å². The van der Waals surface area contributed by atoms with Crippen molar-refractivity contribution in [3.63, 3.8) is 0 Å². The number of carbonyl (C=O) groups excluding carboxylic acids is 2. The Labute approximate surface area is 159 Å². The zero-order valence-corrected chi connectivity index (χ0v) is 16.6. The molecule has 8 nitrogen and oxygen atoms in total.